The van der Waals surface area contributed by atoms with Gasteiger partial charge in [-0.3, -0.25) is 9.59 Å². The molecule has 2 aromatic heterocycles. The molecule has 0 bridgehead atoms. The van der Waals surface area contributed by atoms with Crippen molar-refractivity contribution in [1.82, 2.24) is 10.6 Å². The van der Waals surface area contributed by atoms with E-state index in [1.807, 2.05) is 22.2 Å². The number of nitrogens with one attached hydrogen (secondary N) is 2. The average molecular weight is 351 g/mol. The van der Waals surface area contributed by atoms with Crippen LogP contribution < -0.4 is 10.6 Å². The third-order valence-corrected chi connectivity index (χ3v) is 5.12. The van der Waals surface area contributed by atoms with Crippen LogP contribution in [0.3, 0.4) is 0 Å². The molecule has 2 rings (SSSR count). The molecule has 0 fully saturated rings. The van der Waals surface area contributed by atoms with Gasteiger partial charge in [0.15, 0.2) is 0 Å². The molecule has 23 heavy (non-hydrogen) atoms. The first-order valence-corrected chi connectivity index (χ1v) is 9.53. The molecular weight excluding hydrogens is 328 g/mol. The zero-order valence-electron chi connectivity index (χ0n) is 13.4. The Morgan fingerprint density at radius 1 is 1.22 bits per heavy atom. The Kier molecular flexibility index (Phi) is 6.80. The first kappa shape index (κ1) is 17.7. The molecular formula is C17H22N2O2S2. The average Bonchev–Trinajstić information content (AvgIpc) is 3.21. The van der Waals surface area contributed by atoms with E-state index in [4.69, 9.17) is 0 Å². The number of rotatable bonds is 8. The van der Waals surface area contributed by atoms with E-state index in [1.54, 1.807) is 17.4 Å². The quantitative estimate of drug-likeness (QED) is 0.711. The number of carbonyl (C=O) groups excluding carboxylic acids is 2. The van der Waals surface area contributed by atoms with E-state index >= 15 is 0 Å². The lowest BCUT2D eigenvalue weighted by atomic mass is 10.0. The lowest BCUT2D eigenvalue weighted by Crippen LogP contribution is -2.32. The summed E-state index contributed by atoms with van der Waals surface area (Å²) in [5.41, 5.74) is 0.678. The maximum Gasteiger partial charge on any atom is 0.252 e. The molecule has 0 aliphatic heterocycles. The fourth-order valence-corrected chi connectivity index (χ4v) is 3.81. The van der Waals surface area contributed by atoms with E-state index in [0.29, 0.717) is 30.9 Å². The van der Waals surface area contributed by atoms with Gasteiger partial charge in [-0.1, -0.05) is 19.9 Å². The smallest absolute Gasteiger partial charge is 0.252 e. The number of carbonyl (C=O) groups is 2. The molecule has 2 amide bonds. The van der Waals surface area contributed by atoms with Crippen molar-refractivity contribution in [3.8, 4) is 0 Å². The van der Waals surface area contributed by atoms with Gasteiger partial charge in [-0.25, -0.2) is 0 Å². The van der Waals surface area contributed by atoms with Crippen molar-refractivity contribution < 1.29 is 9.59 Å². The van der Waals surface area contributed by atoms with Crippen molar-refractivity contribution in [1.29, 1.82) is 0 Å². The zero-order valence-corrected chi connectivity index (χ0v) is 15.0. The Morgan fingerprint density at radius 2 is 2.04 bits per heavy atom. The van der Waals surface area contributed by atoms with E-state index in [-0.39, 0.29) is 17.9 Å². The Hall–Kier alpha value is -1.66. The second-order valence-corrected chi connectivity index (χ2v) is 7.44. The molecule has 0 aromatic carbocycles. The summed E-state index contributed by atoms with van der Waals surface area (Å²) in [5, 5.41) is 11.6. The van der Waals surface area contributed by atoms with Crippen molar-refractivity contribution in [3.05, 3.63) is 44.8 Å². The van der Waals surface area contributed by atoms with Crippen LogP contribution in [0.2, 0.25) is 0 Å². The first-order chi connectivity index (χ1) is 11.1. The van der Waals surface area contributed by atoms with Crippen LogP contribution >= 0.6 is 22.7 Å². The van der Waals surface area contributed by atoms with Gasteiger partial charge in [0.2, 0.25) is 5.91 Å². The maximum absolute atomic E-state index is 12.1. The van der Waals surface area contributed by atoms with Crippen LogP contribution in [0.5, 0.6) is 0 Å². The Balaban J connectivity index is 1.71. The van der Waals surface area contributed by atoms with Crippen molar-refractivity contribution >= 4 is 34.5 Å². The molecule has 124 valence electrons. The second kappa shape index (κ2) is 8.84. The molecule has 0 spiro atoms. The highest BCUT2D eigenvalue weighted by molar-refractivity contribution is 7.10. The summed E-state index contributed by atoms with van der Waals surface area (Å²) in [6.45, 7) is 4.71. The van der Waals surface area contributed by atoms with Gasteiger partial charge in [0.05, 0.1) is 6.04 Å². The van der Waals surface area contributed by atoms with E-state index < -0.39 is 0 Å². The highest BCUT2D eigenvalue weighted by Gasteiger charge is 2.18. The molecule has 1 atom stereocenters. The van der Waals surface area contributed by atoms with E-state index in [0.717, 1.165) is 0 Å². The molecule has 6 heteroatoms. The van der Waals surface area contributed by atoms with Crippen LogP contribution in [0.25, 0.3) is 0 Å². The third-order valence-electron chi connectivity index (χ3n) is 3.48. The van der Waals surface area contributed by atoms with Gasteiger partial charge in [0, 0.05) is 28.8 Å². The number of thiophene rings is 2. The topological polar surface area (TPSA) is 58.2 Å². The van der Waals surface area contributed by atoms with E-state index in [1.165, 1.54) is 16.2 Å². The SMILES string of the molecule is CC(C)C(NC(=O)CCCNC(=O)c1ccsc1)c1cccs1. The Bertz CT molecular complexity index is 607. The molecule has 2 N–H and O–H groups in total. The lowest BCUT2D eigenvalue weighted by Gasteiger charge is -2.21. The van der Waals surface area contributed by atoms with E-state index in [2.05, 4.69) is 30.5 Å². The number of hydrogen-bond acceptors (Lipinski definition) is 4. The summed E-state index contributed by atoms with van der Waals surface area (Å²) in [4.78, 5) is 25.1. The molecule has 2 aromatic rings. The molecule has 1 unspecified atom stereocenters. The minimum atomic E-state index is -0.0784. The van der Waals surface area contributed by atoms with Crippen molar-refractivity contribution in [3.63, 3.8) is 0 Å². The fourth-order valence-electron chi connectivity index (χ4n) is 2.23. The molecule has 4 nitrogen and oxygen atoms in total. The van der Waals surface area contributed by atoms with Gasteiger partial charge in [-0.2, -0.15) is 11.3 Å². The predicted octanol–water partition coefficient (Wildman–Crippen LogP) is 3.83. The van der Waals surface area contributed by atoms with Crippen LogP contribution in [0, 0.1) is 5.92 Å². The summed E-state index contributed by atoms with van der Waals surface area (Å²) < 4.78 is 0. The zero-order chi connectivity index (χ0) is 16.7. The second-order valence-electron chi connectivity index (χ2n) is 5.68. The fraction of sp³-hybridized carbons (Fsp3) is 0.412. The summed E-state index contributed by atoms with van der Waals surface area (Å²) in [6.07, 6.45) is 1.05. The normalized spacial score (nSPS) is 12.1. The molecule has 0 aliphatic rings. The van der Waals surface area contributed by atoms with Crippen molar-refractivity contribution in [2.45, 2.75) is 32.7 Å². The van der Waals surface area contributed by atoms with Gasteiger partial charge in [-0.05, 0) is 35.2 Å². The summed E-state index contributed by atoms with van der Waals surface area (Å²) in [7, 11) is 0. The summed E-state index contributed by atoms with van der Waals surface area (Å²) in [6, 6.07) is 5.90. The van der Waals surface area contributed by atoms with Crippen LogP contribution in [0.4, 0.5) is 0 Å². The minimum absolute atomic E-state index is 0.0295. The van der Waals surface area contributed by atoms with Crippen LogP contribution in [0.1, 0.15) is 48.0 Å². The molecule has 2 heterocycles. The number of amides is 2. The highest BCUT2D eigenvalue weighted by Crippen LogP contribution is 2.25. The minimum Gasteiger partial charge on any atom is -0.352 e. The summed E-state index contributed by atoms with van der Waals surface area (Å²) in [5.74, 6) is 0.295. The predicted molar refractivity (Wildman–Crippen MR) is 95.9 cm³/mol. The van der Waals surface area contributed by atoms with E-state index in [9.17, 15) is 9.59 Å². The standard InChI is InChI=1S/C17H22N2O2S2/c1-12(2)16(14-5-4-9-23-14)19-15(20)6-3-8-18-17(21)13-7-10-22-11-13/h4-5,7,9-12,16H,3,6,8H2,1-2H3,(H,18,21)(H,19,20). The maximum atomic E-state index is 12.1. The first-order valence-electron chi connectivity index (χ1n) is 7.71. The molecule has 0 aliphatic carbocycles. The van der Waals surface area contributed by atoms with Gasteiger partial charge in [0.25, 0.3) is 5.91 Å². The molecule has 0 saturated carbocycles. The summed E-state index contributed by atoms with van der Waals surface area (Å²) >= 11 is 3.16. The van der Waals surface area contributed by atoms with Gasteiger partial charge in [0.1, 0.15) is 0 Å². The molecule has 0 radical (unpaired) electrons. The van der Waals surface area contributed by atoms with Crippen LogP contribution in [0.15, 0.2) is 34.3 Å². The highest BCUT2D eigenvalue weighted by atomic mass is 32.1. The molecule has 0 saturated heterocycles. The van der Waals surface area contributed by atoms with Gasteiger partial charge in [-0.15, -0.1) is 11.3 Å². The Labute approximate surface area is 144 Å². The monoisotopic (exact) mass is 350 g/mol. The lowest BCUT2D eigenvalue weighted by molar-refractivity contribution is -0.122. The van der Waals surface area contributed by atoms with Crippen molar-refractivity contribution in [2.24, 2.45) is 5.92 Å². The number of hydrogen-bond donors (Lipinski definition) is 2. The van der Waals surface area contributed by atoms with Gasteiger partial charge >= 0.3 is 0 Å². The Morgan fingerprint density at radius 3 is 2.65 bits per heavy atom. The van der Waals surface area contributed by atoms with Crippen LogP contribution in [-0.2, 0) is 4.79 Å². The van der Waals surface area contributed by atoms with Crippen LogP contribution in [-0.4, -0.2) is 18.4 Å². The van der Waals surface area contributed by atoms with Gasteiger partial charge < -0.3 is 10.6 Å². The largest absolute Gasteiger partial charge is 0.352 e. The van der Waals surface area contributed by atoms with Crippen molar-refractivity contribution in [2.75, 3.05) is 6.54 Å². The third kappa shape index (κ3) is 5.48.